The van der Waals surface area contributed by atoms with Gasteiger partial charge in [-0.25, -0.2) is 9.37 Å². The Morgan fingerprint density at radius 2 is 2.19 bits per heavy atom. The van der Waals surface area contributed by atoms with Gasteiger partial charge < -0.3 is 0 Å². The molecule has 2 unspecified atom stereocenters. The van der Waals surface area contributed by atoms with E-state index in [1.54, 1.807) is 6.07 Å². The summed E-state index contributed by atoms with van der Waals surface area (Å²) in [6, 6.07) is 6.48. The van der Waals surface area contributed by atoms with Crippen LogP contribution in [-0.4, -0.2) is 10.8 Å². The first-order valence-corrected chi connectivity index (χ1v) is 10.1. The smallest absolute Gasteiger partial charge is 0.191 e. The maximum Gasteiger partial charge on any atom is 0.191 e. The van der Waals surface area contributed by atoms with Gasteiger partial charge >= 0.3 is 0 Å². The predicted molar refractivity (Wildman–Crippen MR) is 102 cm³/mol. The standard InChI is InChI=1S/C22H22FNOS/c1-16-14-26-20(24-16)19(25)13-22-8-3-7-21(15-22,10-11-22)9-6-17-4-2-5-18(23)12-17/h2,4-5,12,14H,3,7-8,10-11,13,15H2,1H3. The quantitative estimate of drug-likeness (QED) is 0.525. The van der Waals surface area contributed by atoms with Gasteiger partial charge in [0.05, 0.1) is 0 Å². The molecule has 0 spiro atoms. The average Bonchev–Trinajstić information content (AvgIpc) is 3.15. The van der Waals surface area contributed by atoms with Crippen molar-refractivity contribution in [1.29, 1.82) is 0 Å². The summed E-state index contributed by atoms with van der Waals surface area (Å²) in [5, 5.41) is 2.58. The van der Waals surface area contributed by atoms with Crippen molar-refractivity contribution >= 4 is 17.1 Å². The maximum absolute atomic E-state index is 13.4. The molecule has 2 aliphatic carbocycles. The molecule has 2 saturated carbocycles. The van der Waals surface area contributed by atoms with Crippen LogP contribution in [-0.2, 0) is 0 Å². The van der Waals surface area contributed by atoms with Crippen molar-refractivity contribution in [3.63, 3.8) is 0 Å². The van der Waals surface area contributed by atoms with E-state index in [0.717, 1.165) is 49.8 Å². The average molecular weight is 367 g/mol. The number of aryl methyl sites for hydroxylation is 1. The third-order valence-corrected chi connectivity index (χ3v) is 6.90. The molecule has 2 fully saturated rings. The number of aromatic nitrogens is 1. The molecule has 4 rings (SSSR count). The molecule has 1 aromatic carbocycles. The Balaban J connectivity index is 1.52. The van der Waals surface area contributed by atoms with E-state index in [-0.39, 0.29) is 22.4 Å². The van der Waals surface area contributed by atoms with E-state index < -0.39 is 0 Å². The normalized spacial score (nSPS) is 27.0. The van der Waals surface area contributed by atoms with Crippen LogP contribution in [0.4, 0.5) is 4.39 Å². The summed E-state index contributed by atoms with van der Waals surface area (Å²) in [5.41, 5.74) is 1.72. The minimum Gasteiger partial charge on any atom is -0.291 e. The van der Waals surface area contributed by atoms with Crippen LogP contribution in [0.1, 0.15) is 66.0 Å². The third-order valence-electron chi connectivity index (χ3n) is 5.90. The minimum absolute atomic E-state index is 0.0103. The van der Waals surface area contributed by atoms with Gasteiger partial charge in [-0.3, -0.25) is 4.79 Å². The zero-order valence-electron chi connectivity index (χ0n) is 15.0. The van der Waals surface area contributed by atoms with Gasteiger partial charge in [0.2, 0.25) is 0 Å². The largest absolute Gasteiger partial charge is 0.291 e. The number of nitrogens with zero attached hydrogens (tertiary/aromatic N) is 1. The van der Waals surface area contributed by atoms with E-state index in [0.29, 0.717) is 11.4 Å². The second kappa shape index (κ2) is 6.63. The lowest BCUT2D eigenvalue weighted by atomic mass is 9.67. The number of carbonyl (C=O) groups excluding carboxylic acids is 1. The summed E-state index contributed by atoms with van der Waals surface area (Å²) in [5.74, 6) is 6.60. The van der Waals surface area contributed by atoms with Gasteiger partial charge in [0.25, 0.3) is 0 Å². The minimum atomic E-state index is -0.247. The summed E-state index contributed by atoms with van der Waals surface area (Å²) >= 11 is 1.45. The molecule has 2 nitrogen and oxygen atoms in total. The molecule has 0 amide bonds. The van der Waals surface area contributed by atoms with Crippen LogP contribution in [0.3, 0.4) is 0 Å². The second-order valence-corrected chi connectivity index (χ2v) is 8.82. The van der Waals surface area contributed by atoms with Crippen molar-refractivity contribution in [2.24, 2.45) is 10.8 Å². The Kier molecular flexibility index (Phi) is 4.44. The maximum atomic E-state index is 13.4. The second-order valence-electron chi connectivity index (χ2n) is 7.97. The van der Waals surface area contributed by atoms with Crippen LogP contribution in [0.5, 0.6) is 0 Å². The van der Waals surface area contributed by atoms with Crippen molar-refractivity contribution in [3.8, 4) is 11.8 Å². The Hall–Kier alpha value is -1.99. The summed E-state index contributed by atoms with van der Waals surface area (Å²) in [6.07, 6.45) is 6.97. The van der Waals surface area contributed by atoms with Gasteiger partial charge in [-0.05, 0) is 62.6 Å². The molecule has 0 N–H and O–H groups in total. The number of hydrogen-bond acceptors (Lipinski definition) is 3. The Morgan fingerprint density at radius 3 is 2.96 bits per heavy atom. The van der Waals surface area contributed by atoms with Gasteiger partial charge in [0.1, 0.15) is 5.82 Å². The fourth-order valence-electron chi connectivity index (χ4n) is 4.71. The Labute approximate surface area is 157 Å². The van der Waals surface area contributed by atoms with Crippen LogP contribution in [0.2, 0.25) is 0 Å². The van der Waals surface area contributed by atoms with E-state index in [9.17, 15) is 9.18 Å². The summed E-state index contributed by atoms with van der Waals surface area (Å²) in [6.45, 7) is 1.93. The first-order valence-electron chi connectivity index (χ1n) is 9.22. The van der Waals surface area contributed by atoms with E-state index in [4.69, 9.17) is 0 Å². The SMILES string of the molecule is Cc1csc(C(=O)CC23CCCC(C#Cc4cccc(F)c4)(CC2)C3)n1. The lowest BCUT2D eigenvalue weighted by molar-refractivity contribution is 0.0861. The molecular formula is C22H22FNOS. The number of hydrogen-bond donors (Lipinski definition) is 0. The van der Waals surface area contributed by atoms with E-state index >= 15 is 0 Å². The molecular weight excluding hydrogens is 345 g/mol. The highest BCUT2D eigenvalue weighted by atomic mass is 32.1. The number of thiazole rings is 1. The molecule has 2 aromatic rings. The zero-order valence-corrected chi connectivity index (χ0v) is 15.8. The van der Waals surface area contributed by atoms with Gasteiger partial charge in [-0.2, -0.15) is 0 Å². The number of halogens is 1. The fourth-order valence-corrected chi connectivity index (χ4v) is 5.44. The van der Waals surface area contributed by atoms with Crippen LogP contribution < -0.4 is 0 Å². The van der Waals surface area contributed by atoms with Crippen molar-refractivity contribution in [2.75, 3.05) is 0 Å². The lowest BCUT2D eigenvalue weighted by Gasteiger charge is -2.36. The molecule has 134 valence electrons. The molecule has 4 heteroatoms. The monoisotopic (exact) mass is 367 g/mol. The highest BCUT2D eigenvalue weighted by Gasteiger charge is 2.51. The fraction of sp³-hybridized carbons (Fsp3) is 0.455. The van der Waals surface area contributed by atoms with E-state index in [1.807, 2.05) is 18.4 Å². The van der Waals surface area contributed by atoms with Crippen molar-refractivity contribution in [1.82, 2.24) is 4.98 Å². The van der Waals surface area contributed by atoms with Gasteiger partial charge in [-0.1, -0.05) is 24.3 Å². The highest BCUT2D eigenvalue weighted by molar-refractivity contribution is 7.11. The Bertz CT molecular complexity index is 908. The van der Waals surface area contributed by atoms with E-state index in [2.05, 4.69) is 16.8 Å². The lowest BCUT2D eigenvalue weighted by Crippen LogP contribution is -2.29. The van der Waals surface area contributed by atoms with Crippen LogP contribution in [0.25, 0.3) is 0 Å². The van der Waals surface area contributed by atoms with Crippen LogP contribution >= 0.6 is 11.3 Å². The third kappa shape index (κ3) is 3.46. The first kappa shape index (κ1) is 17.4. The summed E-state index contributed by atoms with van der Waals surface area (Å²) < 4.78 is 13.4. The highest BCUT2D eigenvalue weighted by Crippen LogP contribution is 2.60. The van der Waals surface area contributed by atoms with Gasteiger partial charge in [0, 0.05) is 28.5 Å². The molecule has 2 bridgehead atoms. The number of Topliss-reactive ketones (excluding diaryl/α,β-unsaturated/α-hetero) is 1. The molecule has 26 heavy (non-hydrogen) atoms. The molecule has 0 radical (unpaired) electrons. The topological polar surface area (TPSA) is 30.0 Å². The number of benzene rings is 1. The molecule has 1 heterocycles. The Morgan fingerprint density at radius 1 is 1.31 bits per heavy atom. The van der Waals surface area contributed by atoms with Gasteiger partial charge in [-0.15, -0.1) is 11.3 Å². The molecule has 2 aliphatic rings. The van der Waals surface area contributed by atoms with Crippen LogP contribution in [0.15, 0.2) is 29.6 Å². The first-order chi connectivity index (χ1) is 12.5. The van der Waals surface area contributed by atoms with Gasteiger partial charge in [0.15, 0.2) is 10.8 Å². The van der Waals surface area contributed by atoms with Crippen molar-refractivity contribution < 1.29 is 9.18 Å². The van der Waals surface area contributed by atoms with Crippen molar-refractivity contribution in [3.05, 3.63) is 51.7 Å². The molecule has 2 atom stereocenters. The predicted octanol–water partition coefficient (Wildman–Crippen LogP) is 5.56. The molecule has 1 aromatic heterocycles. The molecule has 0 saturated heterocycles. The van der Waals surface area contributed by atoms with Crippen molar-refractivity contribution in [2.45, 2.75) is 51.9 Å². The number of rotatable bonds is 3. The summed E-state index contributed by atoms with van der Waals surface area (Å²) in [4.78, 5) is 17.1. The number of fused-ring (bicyclic) bond motifs is 2. The molecule has 0 aliphatic heterocycles. The summed E-state index contributed by atoms with van der Waals surface area (Å²) in [7, 11) is 0. The van der Waals surface area contributed by atoms with E-state index in [1.165, 1.54) is 23.5 Å². The van der Waals surface area contributed by atoms with Crippen LogP contribution in [0, 0.1) is 35.4 Å². The zero-order chi connectivity index (χ0) is 18.2. The number of ketones is 1. The number of carbonyl (C=O) groups is 1.